The lowest BCUT2D eigenvalue weighted by molar-refractivity contribution is -0.686. The lowest BCUT2D eigenvalue weighted by Gasteiger charge is -1.97. The molecule has 0 unspecified atom stereocenters. The van der Waals surface area contributed by atoms with Gasteiger partial charge in [0.05, 0.1) is 16.0 Å². The van der Waals surface area contributed by atoms with Gasteiger partial charge in [0.15, 0.2) is 12.2 Å². The first-order valence-electron chi connectivity index (χ1n) is 5.78. The van der Waals surface area contributed by atoms with Crippen LogP contribution in [0.3, 0.4) is 0 Å². The van der Waals surface area contributed by atoms with Crippen LogP contribution in [0.2, 0.25) is 0 Å². The van der Waals surface area contributed by atoms with Crippen LogP contribution in [-0.2, 0) is 6.54 Å². The maximum Gasteiger partial charge on any atom is 0.287 e. The highest BCUT2D eigenvalue weighted by Crippen LogP contribution is 2.20. The molecule has 0 amide bonds. The summed E-state index contributed by atoms with van der Waals surface area (Å²) in [4.78, 5) is 18.3. The largest absolute Gasteiger partial charge is 0.289 e. The Morgan fingerprint density at radius 3 is 2.55 bits per heavy atom. The highest BCUT2D eigenvalue weighted by Gasteiger charge is 2.12. The summed E-state index contributed by atoms with van der Waals surface area (Å²) in [5.74, 6) is 0.116. The molecule has 3 rings (SSSR count). The molecule has 6 heteroatoms. The number of hydrogen-bond donors (Lipinski definition) is 0. The Labute approximate surface area is 135 Å². The van der Waals surface area contributed by atoms with Crippen LogP contribution in [0.4, 0.5) is 0 Å². The van der Waals surface area contributed by atoms with Crippen LogP contribution in [0.1, 0.15) is 9.67 Å². The van der Waals surface area contributed by atoms with Crippen molar-refractivity contribution >= 4 is 45.4 Å². The summed E-state index contributed by atoms with van der Waals surface area (Å²) in [6.07, 6.45) is 3.61. The van der Waals surface area contributed by atoms with E-state index in [4.69, 9.17) is 0 Å². The molecule has 3 aromatic heterocycles. The molecular weight excluding hydrogens is 356 g/mol. The van der Waals surface area contributed by atoms with Crippen LogP contribution in [-0.4, -0.2) is 10.8 Å². The van der Waals surface area contributed by atoms with Crippen molar-refractivity contribution in [3.05, 3.63) is 58.5 Å². The van der Waals surface area contributed by atoms with E-state index in [1.807, 2.05) is 47.3 Å². The third-order valence-electron chi connectivity index (χ3n) is 2.66. The van der Waals surface area contributed by atoms with E-state index >= 15 is 0 Å². The van der Waals surface area contributed by atoms with Gasteiger partial charge in [0, 0.05) is 6.07 Å². The molecule has 0 atom stereocenters. The lowest BCUT2D eigenvalue weighted by atomic mass is 10.3. The summed E-state index contributed by atoms with van der Waals surface area (Å²) >= 11 is 3.13. The number of halogens is 1. The van der Waals surface area contributed by atoms with Gasteiger partial charge in [-0.05, 0) is 27.9 Å². The van der Waals surface area contributed by atoms with Gasteiger partial charge >= 0.3 is 0 Å². The highest BCUT2D eigenvalue weighted by molar-refractivity contribution is 8.93. The van der Waals surface area contributed by atoms with Crippen molar-refractivity contribution < 1.29 is 9.36 Å². The number of carbonyl (C=O) groups is 1. The van der Waals surface area contributed by atoms with E-state index in [0.717, 1.165) is 15.4 Å². The number of carbonyl (C=O) groups excluding carboxylic acids is 1. The summed E-state index contributed by atoms with van der Waals surface area (Å²) in [6.45, 7) is 0.332. The van der Waals surface area contributed by atoms with Crippen LogP contribution in [0.5, 0.6) is 0 Å². The minimum absolute atomic E-state index is 0. The second kappa shape index (κ2) is 6.88. The maximum atomic E-state index is 12.0. The number of Topliss-reactive ketones (excluding diaryl/α,β-unsaturated/α-hetero) is 1. The Balaban J connectivity index is 0.00000147. The van der Waals surface area contributed by atoms with Gasteiger partial charge in [0.25, 0.3) is 6.33 Å². The van der Waals surface area contributed by atoms with Gasteiger partial charge in [-0.2, -0.15) is 0 Å². The topological polar surface area (TPSA) is 33.8 Å². The van der Waals surface area contributed by atoms with Crippen LogP contribution in [0.25, 0.3) is 10.6 Å². The summed E-state index contributed by atoms with van der Waals surface area (Å²) in [5, 5.41) is 3.94. The number of hydrogen-bond acceptors (Lipinski definition) is 4. The predicted octanol–water partition coefficient (Wildman–Crippen LogP) is 3.62. The molecular formula is C14H12BrN2OS2+. The molecule has 0 spiro atoms. The van der Waals surface area contributed by atoms with Crippen LogP contribution < -0.4 is 4.57 Å². The van der Waals surface area contributed by atoms with Crippen molar-refractivity contribution in [2.45, 2.75) is 6.54 Å². The molecule has 20 heavy (non-hydrogen) atoms. The van der Waals surface area contributed by atoms with Crippen LogP contribution >= 0.6 is 39.7 Å². The SMILES string of the molecule is Br.O=C(C[n+]1ccc(-c2cccs2)nc1)c1cccs1. The zero-order valence-corrected chi connectivity index (χ0v) is 13.8. The first-order valence-corrected chi connectivity index (χ1v) is 7.54. The third kappa shape index (κ3) is 3.39. The Morgan fingerprint density at radius 2 is 1.95 bits per heavy atom. The first kappa shape index (κ1) is 15.0. The van der Waals surface area contributed by atoms with E-state index in [9.17, 15) is 4.79 Å². The predicted molar refractivity (Wildman–Crippen MR) is 86.7 cm³/mol. The molecule has 0 saturated carbocycles. The minimum Gasteiger partial charge on any atom is -0.289 e. The van der Waals surface area contributed by atoms with Gasteiger partial charge in [-0.3, -0.25) is 4.79 Å². The molecule has 102 valence electrons. The quantitative estimate of drug-likeness (QED) is 0.521. The van der Waals surface area contributed by atoms with E-state index in [2.05, 4.69) is 4.98 Å². The van der Waals surface area contributed by atoms with Gasteiger partial charge < -0.3 is 0 Å². The summed E-state index contributed by atoms with van der Waals surface area (Å²) in [6, 6.07) is 9.71. The van der Waals surface area contributed by atoms with Gasteiger partial charge in [-0.15, -0.1) is 39.7 Å². The molecule has 0 radical (unpaired) electrons. The average molecular weight is 368 g/mol. The van der Waals surface area contributed by atoms with Crippen molar-refractivity contribution in [3.8, 4) is 10.6 Å². The molecule has 0 bridgehead atoms. The fourth-order valence-corrected chi connectivity index (χ4v) is 3.09. The second-order valence-corrected chi connectivity index (χ2v) is 5.89. The van der Waals surface area contributed by atoms with E-state index in [0.29, 0.717) is 6.54 Å². The fraction of sp³-hybridized carbons (Fsp3) is 0.0714. The van der Waals surface area contributed by atoms with E-state index in [-0.39, 0.29) is 22.8 Å². The Hall–Kier alpha value is -1.37. The lowest BCUT2D eigenvalue weighted by Crippen LogP contribution is -2.37. The molecule has 0 saturated heterocycles. The van der Waals surface area contributed by atoms with Crippen molar-refractivity contribution in [1.82, 2.24) is 4.98 Å². The van der Waals surface area contributed by atoms with E-state index < -0.39 is 0 Å². The molecule has 0 fully saturated rings. The van der Waals surface area contributed by atoms with Crippen molar-refractivity contribution in [1.29, 1.82) is 0 Å². The number of nitrogens with zero attached hydrogens (tertiary/aromatic N) is 2. The van der Waals surface area contributed by atoms with E-state index in [1.165, 1.54) is 11.3 Å². The second-order valence-electron chi connectivity index (χ2n) is 4.00. The molecule has 3 aromatic rings. The van der Waals surface area contributed by atoms with Gasteiger partial charge in [0.1, 0.15) is 0 Å². The first-order chi connectivity index (χ1) is 9.33. The third-order valence-corrected chi connectivity index (χ3v) is 4.47. The highest BCUT2D eigenvalue weighted by atomic mass is 79.9. The Bertz CT molecular complexity index is 664. The van der Waals surface area contributed by atoms with E-state index in [1.54, 1.807) is 22.2 Å². The number of aromatic nitrogens is 2. The average Bonchev–Trinajstić information content (AvgIpc) is 3.13. The van der Waals surface area contributed by atoms with Gasteiger partial charge in [-0.1, -0.05) is 12.1 Å². The molecule has 0 aliphatic carbocycles. The Morgan fingerprint density at radius 1 is 1.15 bits per heavy atom. The molecule has 0 N–H and O–H groups in total. The molecule has 0 aromatic carbocycles. The Kier molecular flexibility index (Phi) is 5.17. The number of ketones is 1. The summed E-state index contributed by atoms with van der Waals surface area (Å²) < 4.78 is 1.80. The van der Waals surface area contributed by atoms with Gasteiger partial charge in [-0.25, -0.2) is 4.57 Å². The molecule has 0 aliphatic heterocycles. The fourth-order valence-electron chi connectivity index (χ4n) is 1.73. The smallest absolute Gasteiger partial charge is 0.287 e. The standard InChI is InChI=1S/C14H11N2OS2.BrH/c17-12(14-4-2-8-19-14)9-16-6-5-11(15-10-16)13-3-1-7-18-13;/h1-8,10H,9H2;1H/q+1;. The monoisotopic (exact) mass is 367 g/mol. The van der Waals surface area contributed by atoms with Gasteiger partial charge in [0.2, 0.25) is 5.78 Å². The molecule has 3 heterocycles. The van der Waals surface area contributed by atoms with Crippen molar-refractivity contribution in [2.24, 2.45) is 0 Å². The van der Waals surface area contributed by atoms with Crippen LogP contribution in [0.15, 0.2) is 53.6 Å². The van der Waals surface area contributed by atoms with Crippen molar-refractivity contribution in [3.63, 3.8) is 0 Å². The number of rotatable bonds is 4. The zero-order chi connectivity index (χ0) is 13.1. The maximum absolute atomic E-state index is 12.0. The summed E-state index contributed by atoms with van der Waals surface area (Å²) in [5.41, 5.74) is 0.940. The zero-order valence-electron chi connectivity index (χ0n) is 10.4. The van der Waals surface area contributed by atoms with Crippen LogP contribution in [0, 0.1) is 0 Å². The van der Waals surface area contributed by atoms with Crippen molar-refractivity contribution in [2.75, 3.05) is 0 Å². The molecule has 0 aliphatic rings. The number of thiophene rings is 2. The summed E-state index contributed by atoms with van der Waals surface area (Å²) in [7, 11) is 0. The molecule has 3 nitrogen and oxygen atoms in total. The minimum atomic E-state index is 0. The normalized spacial score (nSPS) is 10.0.